The summed E-state index contributed by atoms with van der Waals surface area (Å²) in [4.78, 5) is 38.8. The van der Waals surface area contributed by atoms with Gasteiger partial charge in [0, 0.05) is 16.5 Å². The van der Waals surface area contributed by atoms with E-state index in [0.717, 1.165) is 0 Å². The summed E-state index contributed by atoms with van der Waals surface area (Å²) in [6, 6.07) is 8.71. The molecule has 7 nitrogen and oxygen atoms in total. The zero-order valence-corrected chi connectivity index (χ0v) is 17.9. The highest BCUT2D eigenvalue weighted by Crippen LogP contribution is 2.52. The lowest BCUT2D eigenvalue weighted by molar-refractivity contribution is -0.167. The molecule has 0 amide bonds. The molecular formula is C22H24ClNO6. The van der Waals surface area contributed by atoms with Crippen molar-refractivity contribution in [2.24, 2.45) is 11.3 Å². The topological polar surface area (TPSA) is 103 Å². The van der Waals surface area contributed by atoms with E-state index >= 15 is 0 Å². The summed E-state index contributed by atoms with van der Waals surface area (Å²) >= 11 is 6.13. The van der Waals surface area contributed by atoms with Gasteiger partial charge in [0.2, 0.25) is 0 Å². The fourth-order valence-electron chi connectivity index (χ4n) is 3.77. The van der Waals surface area contributed by atoms with Gasteiger partial charge in [-0.1, -0.05) is 29.8 Å². The van der Waals surface area contributed by atoms with Crippen LogP contribution < -0.4 is 0 Å². The Morgan fingerprint density at radius 1 is 1.13 bits per heavy atom. The van der Waals surface area contributed by atoms with Crippen LogP contribution in [0, 0.1) is 22.7 Å². The molecule has 0 N–H and O–H groups in total. The third kappa shape index (κ3) is 4.34. The molecule has 1 aromatic rings. The summed E-state index contributed by atoms with van der Waals surface area (Å²) < 4.78 is 15.5. The summed E-state index contributed by atoms with van der Waals surface area (Å²) in [5.74, 6) is -4.82. The van der Waals surface area contributed by atoms with Gasteiger partial charge in [0.1, 0.15) is 5.92 Å². The molecule has 0 aliphatic heterocycles. The second-order valence-electron chi connectivity index (χ2n) is 6.61. The number of nitriles is 1. The van der Waals surface area contributed by atoms with Crippen molar-refractivity contribution < 1.29 is 28.6 Å². The number of hydrogen-bond donors (Lipinski definition) is 0. The average molecular weight is 434 g/mol. The van der Waals surface area contributed by atoms with E-state index in [0.29, 0.717) is 10.6 Å². The van der Waals surface area contributed by atoms with Gasteiger partial charge < -0.3 is 14.2 Å². The van der Waals surface area contributed by atoms with Gasteiger partial charge in [0.15, 0.2) is 5.41 Å². The Hall–Kier alpha value is -2.85. The number of carbonyl (C=O) groups is 3. The Labute approximate surface area is 180 Å². The Morgan fingerprint density at radius 3 is 2.37 bits per heavy atom. The largest absolute Gasteiger partial charge is 0.465 e. The molecule has 0 unspecified atom stereocenters. The Morgan fingerprint density at radius 2 is 1.80 bits per heavy atom. The molecular weight excluding hydrogens is 410 g/mol. The van der Waals surface area contributed by atoms with Gasteiger partial charge in [-0.15, -0.1) is 0 Å². The predicted octanol–water partition coefficient (Wildman–Crippen LogP) is 3.57. The highest BCUT2D eigenvalue weighted by Gasteiger charge is 2.61. The Kier molecular flexibility index (Phi) is 8.01. The van der Waals surface area contributed by atoms with Crippen LogP contribution in [0.25, 0.3) is 0 Å². The first kappa shape index (κ1) is 23.4. The van der Waals surface area contributed by atoms with Crippen LogP contribution >= 0.6 is 11.6 Å². The van der Waals surface area contributed by atoms with E-state index in [1.54, 1.807) is 45.0 Å². The lowest BCUT2D eigenvalue weighted by Crippen LogP contribution is -2.51. The maximum Gasteiger partial charge on any atom is 0.334 e. The monoisotopic (exact) mass is 433 g/mol. The van der Waals surface area contributed by atoms with Crippen LogP contribution in [0.2, 0.25) is 5.02 Å². The van der Waals surface area contributed by atoms with Crippen LogP contribution in [0.3, 0.4) is 0 Å². The maximum absolute atomic E-state index is 13.2. The zero-order valence-electron chi connectivity index (χ0n) is 17.1. The smallest absolute Gasteiger partial charge is 0.334 e. The normalized spacial score (nSPS) is 23.0. The van der Waals surface area contributed by atoms with Crippen molar-refractivity contribution in [1.29, 1.82) is 5.26 Å². The molecule has 0 saturated heterocycles. The molecule has 0 saturated carbocycles. The fraction of sp³-hybridized carbons (Fsp3) is 0.455. The maximum atomic E-state index is 13.2. The van der Waals surface area contributed by atoms with Crippen LogP contribution in [-0.2, 0) is 28.6 Å². The number of rotatable bonds is 7. The van der Waals surface area contributed by atoms with Gasteiger partial charge in [0.05, 0.1) is 25.9 Å². The van der Waals surface area contributed by atoms with Crippen molar-refractivity contribution in [1.82, 2.24) is 0 Å². The average Bonchev–Trinajstić information content (AvgIpc) is 2.72. The molecule has 0 bridgehead atoms. The summed E-state index contributed by atoms with van der Waals surface area (Å²) in [6.45, 7) is 4.90. The summed E-state index contributed by atoms with van der Waals surface area (Å²) in [7, 11) is 0. The van der Waals surface area contributed by atoms with Crippen molar-refractivity contribution in [2.75, 3.05) is 19.8 Å². The molecule has 0 spiro atoms. The van der Waals surface area contributed by atoms with E-state index in [1.165, 1.54) is 6.08 Å². The van der Waals surface area contributed by atoms with Crippen LogP contribution in [-0.4, -0.2) is 37.7 Å². The molecule has 3 atom stereocenters. The minimum absolute atomic E-state index is 0.00146. The number of esters is 3. The second kappa shape index (κ2) is 10.3. The predicted molar refractivity (Wildman–Crippen MR) is 108 cm³/mol. The lowest BCUT2D eigenvalue weighted by Gasteiger charge is -2.41. The van der Waals surface area contributed by atoms with E-state index in [4.69, 9.17) is 25.8 Å². The van der Waals surface area contributed by atoms with Crippen LogP contribution in [0.1, 0.15) is 38.7 Å². The third-order valence-electron chi connectivity index (χ3n) is 4.97. The molecule has 2 rings (SSSR count). The summed E-state index contributed by atoms with van der Waals surface area (Å²) in [5, 5.41) is 10.7. The van der Waals surface area contributed by atoms with E-state index in [1.807, 2.05) is 6.07 Å². The van der Waals surface area contributed by atoms with Gasteiger partial charge >= 0.3 is 17.9 Å². The van der Waals surface area contributed by atoms with Crippen LogP contribution in [0.4, 0.5) is 0 Å². The third-order valence-corrected chi connectivity index (χ3v) is 5.21. The molecule has 1 aromatic carbocycles. The van der Waals surface area contributed by atoms with Crippen molar-refractivity contribution in [3.05, 3.63) is 46.5 Å². The molecule has 0 aromatic heterocycles. The van der Waals surface area contributed by atoms with E-state index < -0.39 is 35.2 Å². The number of carbonyl (C=O) groups excluding carboxylic acids is 3. The summed E-state index contributed by atoms with van der Waals surface area (Å²) in [6.07, 6.45) is 1.66. The van der Waals surface area contributed by atoms with Crippen molar-refractivity contribution in [2.45, 2.75) is 33.1 Å². The molecule has 30 heavy (non-hydrogen) atoms. The van der Waals surface area contributed by atoms with Gasteiger partial charge in [-0.3, -0.25) is 9.59 Å². The van der Waals surface area contributed by atoms with Gasteiger partial charge in [-0.05, 0) is 44.9 Å². The molecule has 160 valence electrons. The molecule has 8 heteroatoms. The molecule has 1 aliphatic carbocycles. The molecule has 0 heterocycles. The lowest BCUT2D eigenvalue weighted by atomic mass is 9.58. The zero-order chi connectivity index (χ0) is 22.3. The fourth-order valence-corrected chi connectivity index (χ4v) is 3.97. The van der Waals surface area contributed by atoms with Crippen molar-refractivity contribution in [3.8, 4) is 6.07 Å². The summed E-state index contributed by atoms with van der Waals surface area (Å²) in [5.41, 5.74) is -1.53. The minimum Gasteiger partial charge on any atom is -0.465 e. The molecule has 0 fully saturated rings. The standard InChI is InChI=1S/C22H24ClNO6/c1-4-28-19(25)16-10-11-17(14-8-7-9-15(23)12-14)22(13-24,21(27)30-6-3)18(16)20(26)29-5-2/h7-10,12,17-18H,4-6,11H2,1-3H3/t17-,18+,22-/m1/s1. The number of benzene rings is 1. The highest BCUT2D eigenvalue weighted by molar-refractivity contribution is 6.30. The Balaban J connectivity index is 2.78. The number of allylic oxidation sites excluding steroid dienone is 1. The molecule has 0 radical (unpaired) electrons. The number of hydrogen-bond acceptors (Lipinski definition) is 7. The van der Waals surface area contributed by atoms with Crippen LogP contribution in [0.15, 0.2) is 35.9 Å². The van der Waals surface area contributed by atoms with Crippen LogP contribution in [0.5, 0.6) is 0 Å². The van der Waals surface area contributed by atoms with Gasteiger partial charge in [-0.2, -0.15) is 5.26 Å². The van der Waals surface area contributed by atoms with E-state index in [9.17, 15) is 19.6 Å². The number of ether oxygens (including phenoxy) is 3. The first-order chi connectivity index (χ1) is 14.4. The Bertz CT molecular complexity index is 890. The molecule has 1 aliphatic rings. The minimum atomic E-state index is -2.02. The van der Waals surface area contributed by atoms with Gasteiger partial charge in [0.25, 0.3) is 0 Å². The second-order valence-corrected chi connectivity index (χ2v) is 7.05. The van der Waals surface area contributed by atoms with Crippen molar-refractivity contribution in [3.63, 3.8) is 0 Å². The van der Waals surface area contributed by atoms with Gasteiger partial charge in [-0.25, -0.2) is 4.79 Å². The SMILES string of the molecule is CCOC(=O)C1=CC[C@H](c2cccc(Cl)c2)[C@@](C#N)(C(=O)OCC)[C@@H]1C(=O)OCC. The first-order valence-corrected chi connectivity index (χ1v) is 10.1. The number of nitrogens with zero attached hydrogens (tertiary/aromatic N) is 1. The first-order valence-electron chi connectivity index (χ1n) is 9.74. The van der Waals surface area contributed by atoms with E-state index in [2.05, 4.69) is 0 Å². The van der Waals surface area contributed by atoms with E-state index in [-0.39, 0.29) is 31.8 Å². The van der Waals surface area contributed by atoms with Crippen molar-refractivity contribution >= 4 is 29.5 Å². The number of halogens is 1. The quantitative estimate of drug-likeness (QED) is 0.478. The highest BCUT2D eigenvalue weighted by atomic mass is 35.5.